The van der Waals surface area contributed by atoms with Crippen LogP contribution in [-0.2, 0) is 0 Å². The van der Waals surface area contributed by atoms with Crippen molar-refractivity contribution >= 4 is 23.1 Å². The second-order valence-corrected chi connectivity index (χ2v) is 3.87. The average molecular weight is 264 g/mol. The van der Waals surface area contributed by atoms with Gasteiger partial charge in [-0.2, -0.15) is 0 Å². The van der Waals surface area contributed by atoms with Crippen molar-refractivity contribution in [3.63, 3.8) is 0 Å². The molecule has 0 aliphatic carbocycles. The van der Waals surface area contributed by atoms with Crippen LogP contribution >= 0.6 is 0 Å². The van der Waals surface area contributed by atoms with Crippen LogP contribution in [0, 0.1) is 4.91 Å². The van der Waals surface area contributed by atoms with E-state index < -0.39 is 6.09 Å². The number of amides is 1. The van der Waals surface area contributed by atoms with Gasteiger partial charge < -0.3 is 15.7 Å². The SMILES string of the molecule is O=C(O)NCCCNc1nc2ccccc2[n+](=O)[nH]1. The van der Waals surface area contributed by atoms with Gasteiger partial charge in [-0.1, -0.05) is 17.2 Å². The number of H-pyrrole nitrogens is 1. The fourth-order valence-electron chi connectivity index (χ4n) is 1.60. The number of fused-ring (bicyclic) bond motifs is 1. The van der Waals surface area contributed by atoms with Crippen molar-refractivity contribution in [1.29, 1.82) is 0 Å². The molecule has 1 heterocycles. The highest BCUT2D eigenvalue weighted by atomic mass is 16.4. The lowest BCUT2D eigenvalue weighted by Crippen LogP contribution is -2.26. The van der Waals surface area contributed by atoms with Gasteiger partial charge in [-0.25, -0.2) is 9.78 Å². The molecule has 0 aliphatic heterocycles. The first-order valence-electron chi connectivity index (χ1n) is 5.79. The van der Waals surface area contributed by atoms with Crippen LogP contribution in [0.5, 0.6) is 0 Å². The molecule has 1 amide bonds. The number of nitrogens with one attached hydrogen (secondary N) is 3. The van der Waals surface area contributed by atoms with Gasteiger partial charge in [-0.3, -0.25) is 0 Å². The van der Waals surface area contributed by atoms with Crippen molar-refractivity contribution in [3.05, 3.63) is 29.2 Å². The van der Waals surface area contributed by atoms with E-state index in [0.29, 0.717) is 41.0 Å². The third-order valence-corrected chi connectivity index (χ3v) is 2.46. The Morgan fingerprint density at radius 3 is 2.95 bits per heavy atom. The van der Waals surface area contributed by atoms with E-state index in [2.05, 4.69) is 20.7 Å². The second kappa shape index (κ2) is 5.80. The highest BCUT2D eigenvalue weighted by Crippen LogP contribution is 2.06. The number of hydrogen-bond acceptors (Lipinski definition) is 4. The molecule has 0 bridgehead atoms. The van der Waals surface area contributed by atoms with E-state index in [-0.39, 0.29) is 0 Å². The van der Waals surface area contributed by atoms with Crippen LogP contribution in [0.4, 0.5) is 10.7 Å². The fraction of sp³-hybridized carbons (Fsp3) is 0.273. The Labute approximate surface area is 108 Å². The van der Waals surface area contributed by atoms with Crippen LogP contribution in [0.2, 0.25) is 0 Å². The zero-order valence-corrected chi connectivity index (χ0v) is 10.1. The molecule has 1 aromatic heterocycles. The lowest BCUT2D eigenvalue weighted by Gasteiger charge is -2.03. The van der Waals surface area contributed by atoms with Gasteiger partial charge in [0.25, 0.3) is 5.95 Å². The third kappa shape index (κ3) is 3.41. The molecule has 0 radical (unpaired) electrons. The molecule has 0 unspecified atom stereocenters. The van der Waals surface area contributed by atoms with E-state index in [1.54, 1.807) is 24.3 Å². The van der Waals surface area contributed by atoms with E-state index in [0.717, 1.165) is 0 Å². The normalized spacial score (nSPS) is 10.3. The summed E-state index contributed by atoms with van der Waals surface area (Å²) in [6.45, 7) is 0.843. The van der Waals surface area contributed by atoms with Gasteiger partial charge in [-0.15, -0.1) is 0 Å². The number of aromatic amines is 1. The minimum absolute atomic E-state index is 0.341. The van der Waals surface area contributed by atoms with E-state index in [4.69, 9.17) is 5.11 Å². The molecule has 2 aromatic rings. The van der Waals surface area contributed by atoms with Crippen molar-refractivity contribution in [2.75, 3.05) is 18.4 Å². The molecule has 1 aromatic carbocycles. The number of nitrogens with zero attached hydrogens (tertiary/aromatic N) is 2. The monoisotopic (exact) mass is 264 g/mol. The molecule has 0 saturated carbocycles. The first kappa shape index (κ1) is 12.8. The van der Waals surface area contributed by atoms with Crippen LogP contribution in [0.25, 0.3) is 11.0 Å². The largest absolute Gasteiger partial charge is 0.465 e. The molecule has 8 nitrogen and oxygen atoms in total. The first-order valence-corrected chi connectivity index (χ1v) is 5.79. The summed E-state index contributed by atoms with van der Waals surface area (Å²) in [6.07, 6.45) is -0.458. The molecule has 0 saturated heterocycles. The van der Waals surface area contributed by atoms with Crippen molar-refractivity contribution < 1.29 is 14.4 Å². The van der Waals surface area contributed by atoms with E-state index in [1.807, 2.05) is 0 Å². The third-order valence-electron chi connectivity index (χ3n) is 2.46. The molecular weight excluding hydrogens is 250 g/mol. The minimum Gasteiger partial charge on any atom is -0.465 e. The van der Waals surface area contributed by atoms with Crippen LogP contribution in [0.15, 0.2) is 24.3 Å². The lowest BCUT2D eigenvalue weighted by atomic mass is 10.3. The predicted molar refractivity (Wildman–Crippen MR) is 68.6 cm³/mol. The first-order chi connectivity index (χ1) is 9.16. The molecule has 4 N–H and O–H groups in total. The number of carbonyl (C=O) groups is 1. The molecule has 0 atom stereocenters. The summed E-state index contributed by atoms with van der Waals surface area (Å²) in [7, 11) is 0. The van der Waals surface area contributed by atoms with Gasteiger partial charge in [0, 0.05) is 19.2 Å². The van der Waals surface area contributed by atoms with Gasteiger partial charge in [0.05, 0.1) is 4.91 Å². The maximum Gasteiger partial charge on any atom is 0.404 e. The summed E-state index contributed by atoms with van der Waals surface area (Å²) < 4.78 is 0.639. The summed E-state index contributed by atoms with van der Waals surface area (Å²) in [5.41, 5.74) is 1.04. The Morgan fingerprint density at radius 2 is 2.16 bits per heavy atom. The van der Waals surface area contributed by atoms with Crippen LogP contribution in [-0.4, -0.2) is 34.4 Å². The lowest BCUT2D eigenvalue weighted by molar-refractivity contribution is -0.535. The molecule has 0 aliphatic rings. The van der Waals surface area contributed by atoms with Gasteiger partial charge >= 0.3 is 11.6 Å². The average Bonchev–Trinajstić information content (AvgIpc) is 2.38. The predicted octanol–water partition coefficient (Wildman–Crippen LogP) is 0.547. The minimum atomic E-state index is -1.05. The number of carboxylic acid groups (broad SMARTS) is 1. The Bertz CT molecular complexity index is 640. The summed E-state index contributed by atoms with van der Waals surface area (Å²) in [5, 5.41) is 16.1. The van der Waals surface area contributed by atoms with E-state index in [1.165, 1.54) is 0 Å². The smallest absolute Gasteiger partial charge is 0.404 e. The second-order valence-electron chi connectivity index (χ2n) is 3.87. The van der Waals surface area contributed by atoms with Gasteiger partial charge in [0.2, 0.25) is 0 Å². The highest BCUT2D eigenvalue weighted by Gasteiger charge is 2.09. The van der Waals surface area contributed by atoms with Gasteiger partial charge in [0.1, 0.15) is 5.52 Å². The maximum atomic E-state index is 11.7. The Morgan fingerprint density at radius 1 is 1.37 bits per heavy atom. The fourth-order valence-corrected chi connectivity index (χ4v) is 1.60. The Kier molecular flexibility index (Phi) is 3.91. The van der Waals surface area contributed by atoms with Crippen molar-refractivity contribution in [2.45, 2.75) is 6.42 Å². The number of hydrogen-bond donors (Lipinski definition) is 4. The Hall–Kier alpha value is -2.64. The number of rotatable bonds is 5. The Balaban J connectivity index is 1.98. The van der Waals surface area contributed by atoms with E-state index in [9.17, 15) is 9.70 Å². The molecule has 0 fully saturated rings. The molecule has 8 heteroatoms. The summed E-state index contributed by atoms with van der Waals surface area (Å²) in [5.74, 6) is 0.351. The number of benzene rings is 1. The highest BCUT2D eigenvalue weighted by molar-refractivity contribution is 5.70. The van der Waals surface area contributed by atoms with Gasteiger partial charge in [-0.05, 0) is 12.5 Å². The molecular formula is C11H14N5O3+. The van der Waals surface area contributed by atoms with Crippen molar-refractivity contribution in [1.82, 2.24) is 15.4 Å². The molecule has 0 spiro atoms. The molecule has 100 valence electrons. The zero-order chi connectivity index (χ0) is 13.7. The summed E-state index contributed by atoms with van der Waals surface area (Å²) in [6, 6.07) is 6.98. The summed E-state index contributed by atoms with van der Waals surface area (Å²) >= 11 is 0. The van der Waals surface area contributed by atoms with Crippen molar-refractivity contribution in [3.8, 4) is 0 Å². The topological polar surface area (TPSA) is 113 Å². The number of aromatic nitrogens is 3. The standard InChI is InChI=1S/C11H13N5O3/c17-11(18)13-7-3-6-12-10-14-8-4-1-2-5-9(8)16(19)15-10/h1-2,4-5,13H,3,6-7H2,(H2-,12,14,15,17,18,19)/p+1. The van der Waals surface area contributed by atoms with Crippen LogP contribution < -0.4 is 15.2 Å². The zero-order valence-electron chi connectivity index (χ0n) is 10.1. The maximum absolute atomic E-state index is 11.7. The van der Waals surface area contributed by atoms with Crippen molar-refractivity contribution in [2.24, 2.45) is 0 Å². The van der Waals surface area contributed by atoms with Crippen LogP contribution in [0.1, 0.15) is 6.42 Å². The van der Waals surface area contributed by atoms with E-state index >= 15 is 0 Å². The molecule has 2 rings (SSSR count). The quantitative estimate of drug-likeness (QED) is 0.465. The number of anilines is 1. The molecule has 19 heavy (non-hydrogen) atoms. The number of para-hydroxylation sites is 2. The van der Waals surface area contributed by atoms with Gasteiger partial charge in [0.15, 0.2) is 4.54 Å². The van der Waals surface area contributed by atoms with Crippen LogP contribution in [0.3, 0.4) is 0 Å². The summed E-state index contributed by atoms with van der Waals surface area (Å²) in [4.78, 5) is 26.1.